The first-order chi connectivity index (χ1) is 9.05. The van der Waals surface area contributed by atoms with E-state index in [4.69, 9.17) is 0 Å². The smallest absolute Gasteiger partial charge is 0.123 e. The Balaban J connectivity index is 3.13. The topological polar surface area (TPSA) is 23.5 Å². The van der Waals surface area contributed by atoms with Gasteiger partial charge in [0.25, 0.3) is 0 Å². The Morgan fingerprint density at radius 2 is 1.53 bits per heavy atom. The average molecular weight is 267 g/mol. The van der Waals surface area contributed by atoms with Gasteiger partial charge in [-0.3, -0.25) is 4.90 Å². The molecule has 0 aliphatic carbocycles. The molecule has 19 heavy (non-hydrogen) atoms. The molecule has 0 spiro atoms. The molecule has 1 atom stereocenters. The lowest BCUT2D eigenvalue weighted by Crippen LogP contribution is -2.52. The zero-order valence-corrected chi connectivity index (χ0v) is 12.5. The van der Waals surface area contributed by atoms with Gasteiger partial charge in [0.2, 0.25) is 0 Å². The molecule has 1 aromatic carbocycles. The second-order valence-corrected chi connectivity index (χ2v) is 4.94. The van der Waals surface area contributed by atoms with Crippen molar-refractivity contribution in [3.63, 3.8) is 0 Å². The van der Waals surface area contributed by atoms with E-state index in [1.165, 1.54) is 12.1 Å². The molecule has 0 saturated carbocycles. The van der Waals surface area contributed by atoms with Crippen LogP contribution in [0.2, 0.25) is 0 Å². The van der Waals surface area contributed by atoms with Crippen molar-refractivity contribution >= 4 is 0 Å². The number of rotatable bonds is 7. The molecule has 1 rings (SSSR count). The minimum absolute atomic E-state index is 0.266. The highest BCUT2D eigenvalue weighted by Gasteiger charge is 2.39. The lowest BCUT2D eigenvalue weighted by Gasteiger charge is -2.46. The Morgan fingerprint density at radius 3 is 1.89 bits per heavy atom. The Hall–Kier alpha value is -0.930. The van der Waals surface area contributed by atoms with Gasteiger partial charge in [0.15, 0.2) is 0 Å². The van der Waals surface area contributed by atoms with Crippen LogP contribution in [0, 0.1) is 5.82 Å². The van der Waals surface area contributed by atoms with Crippen LogP contribution >= 0.6 is 0 Å². The molecular formula is C16H26FNO. The Labute approximate surface area is 116 Å². The van der Waals surface area contributed by atoms with Crippen LogP contribution in [-0.4, -0.2) is 28.6 Å². The maximum Gasteiger partial charge on any atom is 0.123 e. The molecule has 0 heterocycles. The third-order valence-corrected chi connectivity index (χ3v) is 4.31. The third kappa shape index (κ3) is 3.15. The summed E-state index contributed by atoms with van der Waals surface area (Å²) < 4.78 is 13.0. The number of nitrogens with zero attached hydrogens (tertiary/aromatic N) is 1. The highest BCUT2D eigenvalue weighted by atomic mass is 19.1. The normalized spacial score (nSPS) is 13.8. The zero-order chi connectivity index (χ0) is 14.5. The number of aliphatic hydroxyl groups excluding tert-OH is 1. The van der Waals surface area contributed by atoms with E-state index < -0.39 is 6.10 Å². The van der Waals surface area contributed by atoms with E-state index in [2.05, 4.69) is 32.6 Å². The molecule has 3 heteroatoms. The van der Waals surface area contributed by atoms with E-state index in [1.54, 1.807) is 12.1 Å². The van der Waals surface area contributed by atoms with Gasteiger partial charge in [-0.05, 0) is 43.6 Å². The van der Waals surface area contributed by atoms with Gasteiger partial charge < -0.3 is 5.11 Å². The van der Waals surface area contributed by atoms with Crippen LogP contribution in [0.4, 0.5) is 4.39 Å². The van der Waals surface area contributed by atoms with Gasteiger partial charge >= 0.3 is 0 Å². The van der Waals surface area contributed by atoms with Crippen LogP contribution in [0.5, 0.6) is 0 Å². The molecule has 0 aliphatic rings. The summed E-state index contributed by atoms with van der Waals surface area (Å²) >= 11 is 0. The van der Waals surface area contributed by atoms with Crippen molar-refractivity contribution in [1.82, 2.24) is 4.90 Å². The third-order valence-electron chi connectivity index (χ3n) is 4.31. The number of likely N-dealkylation sites (N-methyl/N-ethyl adjacent to an activating group) is 1. The highest BCUT2D eigenvalue weighted by molar-refractivity contribution is 5.22. The lowest BCUT2D eigenvalue weighted by atomic mass is 9.81. The molecule has 0 amide bonds. The van der Waals surface area contributed by atoms with Crippen molar-refractivity contribution in [2.45, 2.75) is 52.2 Å². The van der Waals surface area contributed by atoms with Gasteiger partial charge in [0, 0.05) is 0 Å². The molecule has 0 aliphatic heterocycles. The minimum atomic E-state index is -0.594. The Morgan fingerprint density at radius 1 is 1.05 bits per heavy atom. The first-order valence-corrected chi connectivity index (χ1v) is 7.24. The summed E-state index contributed by atoms with van der Waals surface area (Å²) in [5, 5.41) is 10.8. The largest absolute Gasteiger partial charge is 0.386 e. The van der Waals surface area contributed by atoms with Gasteiger partial charge in [0.05, 0.1) is 11.6 Å². The summed E-state index contributed by atoms with van der Waals surface area (Å²) in [6.45, 7) is 10.2. The molecule has 1 aromatic rings. The van der Waals surface area contributed by atoms with E-state index in [0.29, 0.717) is 0 Å². The molecule has 0 fully saturated rings. The van der Waals surface area contributed by atoms with Gasteiger partial charge in [-0.15, -0.1) is 0 Å². The fourth-order valence-corrected chi connectivity index (χ4v) is 3.07. The van der Waals surface area contributed by atoms with Crippen molar-refractivity contribution in [2.24, 2.45) is 0 Å². The molecule has 1 unspecified atom stereocenters. The fourth-order valence-electron chi connectivity index (χ4n) is 3.07. The van der Waals surface area contributed by atoms with Crippen molar-refractivity contribution < 1.29 is 9.50 Å². The van der Waals surface area contributed by atoms with Crippen LogP contribution < -0.4 is 0 Å². The standard InChI is InChI=1S/C16H26FNO/c1-5-16(6-2,18(7-3)8-4)15(19)13-9-11-14(17)12-10-13/h9-12,15,19H,5-8H2,1-4H3. The first-order valence-electron chi connectivity index (χ1n) is 7.24. The van der Waals surface area contributed by atoms with E-state index in [1.807, 2.05) is 0 Å². The first kappa shape index (κ1) is 16.1. The number of hydrogen-bond acceptors (Lipinski definition) is 2. The number of hydrogen-bond donors (Lipinski definition) is 1. The van der Waals surface area contributed by atoms with Gasteiger partial charge in [-0.25, -0.2) is 4.39 Å². The van der Waals surface area contributed by atoms with Gasteiger partial charge in [-0.2, -0.15) is 0 Å². The summed E-state index contributed by atoms with van der Waals surface area (Å²) in [6, 6.07) is 6.20. The number of aliphatic hydroxyl groups is 1. The van der Waals surface area contributed by atoms with Crippen molar-refractivity contribution in [1.29, 1.82) is 0 Å². The van der Waals surface area contributed by atoms with Gasteiger partial charge in [0.1, 0.15) is 5.82 Å². The predicted molar refractivity (Wildman–Crippen MR) is 77.6 cm³/mol. The molecule has 0 radical (unpaired) electrons. The predicted octanol–water partition coefficient (Wildman–Crippen LogP) is 3.76. The monoisotopic (exact) mass is 267 g/mol. The van der Waals surface area contributed by atoms with Crippen LogP contribution in [0.3, 0.4) is 0 Å². The molecule has 0 bridgehead atoms. The highest BCUT2D eigenvalue weighted by Crippen LogP contribution is 2.37. The van der Waals surface area contributed by atoms with Crippen LogP contribution in [0.1, 0.15) is 52.2 Å². The van der Waals surface area contributed by atoms with Crippen LogP contribution in [0.15, 0.2) is 24.3 Å². The minimum Gasteiger partial charge on any atom is -0.386 e. The SMILES string of the molecule is CCN(CC)C(CC)(CC)C(O)c1ccc(F)cc1. The van der Waals surface area contributed by atoms with E-state index >= 15 is 0 Å². The Bertz CT molecular complexity index is 369. The zero-order valence-electron chi connectivity index (χ0n) is 12.5. The van der Waals surface area contributed by atoms with Crippen molar-refractivity contribution in [3.8, 4) is 0 Å². The molecule has 108 valence electrons. The summed E-state index contributed by atoms with van der Waals surface area (Å²) in [7, 11) is 0. The summed E-state index contributed by atoms with van der Waals surface area (Å²) in [6.07, 6.45) is 1.14. The maximum absolute atomic E-state index is 13.0. The Kier molecular flexibility index (Phi) is 5.95. The summed E-state index contributed by atoms with van der Waals surface area (Å²) in [5.41, 5.74) is 0.512. The molecule has 2 nitrogen and oxygen atoms in total. The molecule has 0 saturated heterocycles. The van der Waals surface area contributed by atoms with Crippen LogP contribution in [0.25, 0.3) is 0 Å². The molecular weight excluding hydrogens is 241 g/mol. The van der Waals surface area contributed by atoms with Crippen LogP contribution in [-0.2, 0) is 0 Å². The van der Waals surface area contributed by atoms with E-state index in [0.717, 1.165) is 31.5 Å². The molecule has 1 N–H and O–H groups in total. The van der Waals surface area contributed by atoms with Crippen molar-refractivity contribution in [2.75, 3.05) is 13.1 Å². The van der Waals surface area contributed by atoms with Crippen molar-refractivity contribution in [3.05, 3.63) is 35.6 Å². The second kappa shape index (κ2) is 7.01. The van der Waals surface area contributed by atoms with Gasteiger partial charge in [-0.1, -0.05) is 39.8 Å². The quantitative estimate of drug-likeness (QED) is 0.813. The van der Waals surface area contributed by atoms with E-state index in [-0.39, 0.29) is 11.4 Å². The number of halogens is 1. The second-order valence-electron chi connectivity index (χ2n) is 4.94. The lowest BCUT2D eigenvalue weighted by molar-refractivity contribution is -0.0366. The molecule has 0 aromatic heterocycles. The summed E-state index contributed by atoms with van der Waals surface area (Å²) in [5.74, 6) is -0.266. The average Bonchev–Trinajstić information content (AvgIpc) is 2.45. The maximum atomic E-state index is 13.0. The number of benzene rings is 1. The van der Waals surface area contributed by atoms with E-state index in [9.17, 15) is 9.50 Å². The fraction of sp³-hybridized carbons (Fsp3) is 0.625. The summed E-state index contributed by atoms with van der Waals surface area (Å²) in [4.78, 5) is 2.31.